The molecule has 0 unspecified atom stereocenters. The van der Waals surface area contributed by atoms with Crippen LogP contribution in [-0.4, -0.2) is 25.6 Å². The number of H-pyrrole nitrogens is 1. The number of hydrogen-bond acceptors (Lipinski definition) is 2. The number of carbonyl (C=O) groups is 1. The van der Waals surface area contributed by atoms with Gasteiger partial charge in [0.2, 0.25) is 0 Å². The summed E-state index contributed by atoms with van der Waals surface area (Å²) in [6.07, 6.45) is 5.35. The molecule has 2 aromatic heterocycles. The number of carboxylic acid groups (broad SMARTS) is 1. The summed E-state index contributed by atoms with van der Waals surface area (Å²) in [6, 6.07) is 1.73. The molecule has 2 rings (SSSR count). The van der Waals surface area contributed by atoms with Crippen molar-refractivity contribution in [3.63, 3.8) is 0 Å². The second-order valence-corrected chi connectivity index (χ2v) is 4.38. The van der Waals surface area contributed by atoms with Crippen LogP contribution in [0.2, 0.25) is 0 Å². The minimum Gasteiger partial charge on any atom is -0.478 e. The molecule has 0 amide bonds. The Labute approximate surface area is 105 Å². The summed E-state index contributed by atoms with van der Waals surface area (Å²) in [5.74, 6) is 0.108. The van der Waals surface area contributed by atoms with Crippen LogP contribution in [0, 0.1) is 13.8 Å². The fraction of sp³-hybridized carbons (Fsp3) is 0.385. The number of aromatic carboxylic acids is 1. The highest BCUT2D eigenvalue weighted by atomic mass is 16.4. The molecule has 0 radical (unpaired) electrons. The first-order chi connectivity index (χ1) is 8.59. The van der Waals surface area contributed by atoms with Gasteiger partial charge in [0.1, 0.15) is 5.82 Å². The zero-order chi connectivity index (χ0) is 13.1. The maximum absolute atomic E-state index is 11.0. The number of imidazole rings is 1. The zero-order valence-corrected chi connectivity index (χ0v) is 10.6. The molecule has 0 saturated carbocycles. The third-order valence-corrected chi connectivity index (χ3v) is 3.15. The molecule has 0 saturated heterocycles. The molecule has 0 spiro atoms. The molecule has 0 bridgehead atoms. The van der Waals surface area contributed by atoms with Crippen LogP contribution in [0.1, 0.15) is 34.0 Å². The van der Waals surface area contributed by atoms with Gasteiger partial charge in [-0.05, 0) is 26.3 Å². The smallest absolute Gasteiger partial charge is 0.337 e. The minimum absolute atomic E-state index is 0.394. The summed E-state index contributed by atoms with van der Waals surface area (Å²) in [6.45, 7) is 4.60. The van der Waals surface area contributed by atoms with Crippen molar-refractivity contribution in [2.75, 3.05) is 0 Å². The van der Waals surface area contributed by atoms with E-state index in [1.807, 2.05) is 24.6 Å². The van der Waals surface area contributed by atoms with Crippen molar-refractivity contribution in [2.24, 2.45) is 0 Å². The number of aromatic amines is 1. The predicted octanol–water partition coefficient (Wildman–Crippen LogP) is 2.16. The van der Waals surface area contributed by atoms with Crippen LogP contribution in [0.4, 0.5) is 0 Å². The quantitative estimate of drug-likeness (QED) is 0.850. The number of carboxylic acids is 1. The first-order valence-electron chi connectivity index (χ1n) is 5.98. The maximum atomic E-state index is 11.0. The largest absolute Gasteiger partial charge is 0.478 e. The van der Waals surface area contributed by atoms with Crippen molar-refractivity contribution < 1.29 is 9.90 Å². The molecular weight excluding hydrogens is 230 g/mol. The Morgan fingerprint density at radius 1 is 1.50 bits per heavy atom. The molecule has 0 aliphatic rings. The van der Waals surface area contributed by atoms with Crippen molar-refractivity contribution in [1.82, 2.24) is 14.5 Å². The Hall–Kier alpha value is -2.04. The van der Waals surface area contributed by atoms with E-state index in [4.69, 9.17) is 5.11 Å². The van der Waals surface area contributed by atoms with Crippen LogP contribution in [0.15, 0.2) is 18.5 Å². The van der Waals surface area contributed by atoms with Crippen LogP contribution < -0.4 is 0 Å². The van der Waals surface area contributed by atoms with Gasteiger partial charge in [0.25, 0.3) is 0 Å². The summed E-state index contributed by atoms with van der Waals surface area (Å²) in [7, 11) is 0. The molecule has 18 heavy (non-hydrogen) atoms. The Morgan fingerprint density at radius 2 is 2.28 bits per heavy atom. The summed E-state index contributed by atoms with van der Waals surface area (Å²) in [4.78, 5) is 18.2. The van der Waals surface area contributed by atoms with Gasteiger partial charge in [0.15, 0.2) is 0 Å². The highest BCUT2D eigenvalue weighted by Crippen LogP contribution is 2.15. The number of hydrogen-bond donors (Lipinski definition) is 2. The predicted molar refractivity (Wildman–Crippen MR) is 67.8 cm³/mol. The second kappa shape index (κ2) is 5.08. The molecule has 2 heterocycles. The van der Waals surface area contributed by atoms with Gasteiger partial charge in [-0.1, -0.05) is 0 Å². The summed E-state index contributed by atoms with van der Waals surface area (Å²) >= 11 is 0. The maximum Gasteiger partial charge on any atom is 0.337 e. The fourth-order valence-corrected chi connectivity index (χ4v) is 2.20. The number of nitrogens with one attached hydrogen (secondary N) is 1. The normalized spacial score (nSPS) is 10.8. The van der Waals surface area contributed by atoms with E-state index in [0.717, 1.165) is 36.6 Å². The van der Waals surface area contributed by atoms with Crippen LogP contribution in [0.25, 0.3) is 0 Å². The van der Waals surface area contributed by atoms with Gasteiger partial charge in [-0.2, -0.15) is 0 Å². The fourth-order valence-electron chi connectivity index (χ4n) is 2.20. The Balaban J connectivity index is 2.03. The lowest BCUT2D eigenvalue weighted by Crippen LogP contribution is -2.06. The molecule has 0 atom stereocenters. The molecule has 0 fully saturated rings. The first-order valence-corrected chi connectivity index (χ1v) is 5.98. The summed E-state index contributed by atoms with van der Waals surface area (Å²) in [5, 5.41) is 9.05. The Bertz CT molecular complexity index is 541. The van der Waals surface area contributed by atoms with E-state index in [1.54, 1.807) is 12.3 Å². The SMILES string of the molecule is Cc1cc(C(=O)O)c(C)n1CCCc1ncc[nH]1. The van der Waals surface area contributed by atoms with Gasteiger partial charge in [0, 0.05) is 36.7 Å². The molecule has 2 aromatic rings. The number of rotatable bonds is 5. The third-order valence-electron chi connectivity index (χ3n) is 3.15. The first kappa shape index (κ1) is 12.4. The van der Waals surface area contributed by atoms with Crippen molar-refractivity contribution in [1.29, 1.82) is 0 Å². The highest BCUT2D eigenvalue weighted by molar-refractivity contribution is 5.89. The van der Waals surface area contributed by atoms with Gasteiger partial charge in [-0.3, -0.25) is 0 Å². The summed E-state index contributed by atoms with van der Waals surface area (Å²) in [5.41, 5.74) is 2.20. The Morgan fingerprint density at radius 3 is 2.83 bits per heavy atom. The van der Waals surface area contributed by atoms with Gasteiger partial charge in [-0.25, -0.2) is 9.78 Å². The van der Waals surface area contributed by atoms with E-state index < -0.39 is 5.97 Å². The van der Waals surface area contributed by atoms with Crippen molar-refractivity contribution in [2.45, 2.75) is 33.2 Å². The van der Waals surface area contributed by atoms with Gasteiger partial charge in [-0.15, -0.1) is 0 Å². The van der Waals surface area contributed by atoms with Crippen LogP contribution in [-0.2, 0) is 13.0 Å². The Kier molecular flexibility index (Phi) is 3.50. The minimum atomic E-state index is -0.861. The highest BCUT2D eigenvalue weighted by Gasteiger charge is 2.14. The van der Waals surface area contributed by atoms with Gasteiger partial charge in [0.05, 0.1) is 5.56 Å². The molecule has 2 N–H and O–H groups in total. The molecule has 5 nitrogen and oxygen atoms in total. The van der Waals surface area contributed by atoms with Gasteiger partial charge >= 0.3 is 5.97 Å². The standard InChI is InChI=1S/C13H17N3O2/c1-9-8-11(13(17)18)10(2)16(9)7-3-4-12-14-5-6-15-12/h5-6,8H,3-4,7H2,1-2H3,(H,14,15)(H,17,18). The molecule has 5 heteroatoms. The van der Waals surface area contributed by atoms with Crippen LogP contribution in [0.3, 0.4) is 0 Å². The third kappa shape index (κ3) is 2.45. The van der Waals surface area contributed by atoms with E-state index >= 15 is 0 Å². The van der Waals surface area contributed by atoms with E-state index in [9.17, 15) is 4.79 Å². The summed E-state index contributed by atoms with van der Waals surface area (Å²) < 4.78 is 2.05. The van der Waals surface area contributed by atoms with Crippen LogP contribution >= 0.6 is 0 Å². The van der Waals surface area contributed by atoms with E-state index in [0.29, 0.717) is 5.56 Å². The topological polar surface area (TPSA) is 70.9 Å². The molecular formula is C13H17N3O2. The second-order valence-electron chi connectivity index (χ2n) is 4.38. The lowest BCUT2D eigenvalue weighted by Gasteiger charge is -2.08. The van der Waals surface area contributed by atoms with E-state index in [-0.39, 0.29) is 0 Å². The average molecular weight is 247 g/mol. The average Bonchev–Trinajstić information content (AvgIpc) is 2.91. The van der Waals surface area contributed by atoms with Crippen molar-refractivity contribution >= 4 is 5.97 Å². The monoisotopic (exact) mass is 247 g/mol. The molecule has 0 aliphatic heterocycles. The lowest BCUT2D eigenvalue weighted by molar-refractivity contribution is 0.0696. The molecule has 0 aliphatic carbocycles. The van der Waals surface area contributed by atoms with Crippen LogP contribution in [0.5, 0.6) is 0 Å². The van der Waals surface area contributed by atoms with E-state index in [1.165, 1.54) is 0 Å². The number of aromatic nitrogens is 3. The van der Waals surface area contributed by atoms with E-state index in [2.05, 4.69) is 9.97 Å². The van der Waals surface area contributed by atoms with Crippen molar-refractivity contribution in [3.05, 3.63) is 41.2 Å². The number of aryl methyl sites for hydroxylation is 2. The zero-order valence-electron chi connectivity index (χ0n) is 10.6. The molecule has 0 aromatic carbocycles. The van der Waals surface area contributed by atoms with Crippen molar-refractivity contribution in [3.8, 4) is 0 Å². The molecule has 96 valence electrons. The lowest BCUT2D eigenvalue weighted by atomic mass is 10.2. The van der Waals surface area contributed by atoms with Gasteiger partial charge < -0.3 is 14.7 Å². The number of nitrogens with zero attached hydrogens (tertiary/aromatic N) is 2.